The van der Waals surface area contributed by atoms with Gasteiger partial charge in [-0.05, 0) is 48.4 Å². The van der Waals surface area contributed by atoms with Crippen molar-refractivity contribution in [3.05, 3.63) is 70.4 Å². The smallest absolute Gasteiger partial charge is 0.294 e. The van der Waals surface area contributed by atoms with Gasteiger partial charge >= 0.3 is 0 Å². The molecule has 1 aliphatic heterocycles. The van der Waals surface area contributed by atoms with Gasteiger partial charge in [0.1, 0.15) is 18.7 Å². The van der Waals surface area contributed by atoms with Crippen LogP contribution >= 0.6 is 11.3 Å². The number of nitrogens with one attached hydrogen (secondary N) is 2. The maximum Gasteiger partial charge on any atom is 0.294 e. The third-order valence-corrected chi connectivity index (χ3v) is 10.3. The van der Waals surface area contributed by atoms with Crippen LogP contribution in [0.3, 0.4) is 0 Å². The summed E-state index contributed by atoms with van der Waals surface area (Å²) in [5.41, 5.74) is 5.22. The first kappa shape index (κ1) is 39.1. The Balaban J connectivity index is 1.25. The number of aliphatic hydroxyl groups is 1. The van der Waals surface area contributed by atoms with Crippen molar-refractivity contribution < 1.29 is 41.9 Å². The summed E-state index contributed by atoms with van der Waals surface area (Å²) in [4.78, 5) is 46.5. The van der Waals surface area contributed by atoms with Crippen molar-refractivity contribution in [1.29, 1.82) is 0 Å². The second-order valence-corrected chi connectivity index (χ2v) is 15.7. The van der Waals surface area contributed by atoms with Crippen LogP contribution in [0.15, 0.2) is 52.9 Å². The predicted molar refractivity (Wildman–Crippen MR) is 188 cm³/mol. The van der Waals surface area contributed by atoms with Gasteiger partial charge in [-0.2, -0.15) is 8.42 Å². The van der Waals surface area contributed by atoms with Crippen LogP contribution in [0.1, 0.15) is 49.6 Å². The van der Waals surface area contributed by atoms with Gasteiger partial charge in [0, 0.05) is 19.5 Å². The summed E-state index contributed by atoms with van der Waals surface area (Å²) in [5.74, 6) is -1.40. The molecule has 2 heterocycles. The molecule has 0 spiro atoms. The predicted octanol–water partition coefficient (Wildman–Crippen LogP) is 3.06. The molecule has 0 radical (unpaired) electrons. The number of carbonyl (C=O) groups is 3. The maximum absolute atomic E-state index is 13.8. The van der Waals surface area contributed by atoms with Gasteiger partial charge in [0.05, 0.1) is 46.9 Å². The van der Waals surface area contributed by atoms with Crippen molar-refractivity contribution in [2.75, 3.05) is 33.0 Å². The van der Waals surface area contributed by atoms with E-state index in [1.54, 1.807) is 49.8 Å². The van der Waals surface area contributed by atoms with E-state index in [0.717, 1.165) is 27.3 Å². The molecule has 4 N–H and O–H groups in total. The van der Waals surface area contributed by atoms with Gasteiger partial charge in [-0.1, -0.05) is 62.7 Å². The van der Waals surface area contributed by atoms with Gasteiger partial charge in [-0.15, -0.1) is 11.3 Å². The lowest BCUT2D eigenvalue weighted by Crippen LogP contribution is -2.58. The molecule has 0 bridgehead atoms. The van der Waals surface area contributed by atoms with Crippen molar-refractivity contribution >= 4 is 39.2 Å². The zero-order valence-electron chi connectivity index (χ0n) is 29.0. The second kappa shape index (κ2) is 17.0. The summed E-state index contributed by atoms with van der Waals surface area (Å²) in [5, 5.41) is 16.1. The third-order valence-electron chi connectivity index (χ3n) is 8.33. The molecule has 0 aliphatic carbocycles. The fraction of sp³-hybridized carbons (Fsp3) is 0.486. The number of β-amino-alcohol motifs (C(OH)–C–C–N with tert-alkyl or cyclic N) is 1. The normalized spacial score (nSPS) is 17.1. The minimum atomic E-state index is -4.36. The topological polar surface area (TPSA) is 184 Å². The molecule has 1 aliphatic rings. The van der Waals surface area contributed by atoms with E-state index in [-0.39, 0.29) is 57.3 Å². The number of aliphatic hydroxyl groups excluding tert-OH is 1. The number of hydrogen-bond acceptors (Lipinski definition) is 10. The molecule has 272 valence electrons. The molecule has 13 nitrogen and oxygen atoms in total. The monoisotopic (exact) mass is 730 g/mol. The summed E-state index contributed by atoms with van der Waals surface area (Å²) in [6, 6.07) is 10.5. The highest BCUT2D eigenvalue weighted by molar-refractivity contribution is 7.85. The van der Waals surface area contributed by atoms with Crippen molar-refractivity contribution in [2.45, 2.75) is 77.1 Å². The quantitative estimate of drug-likeness (QED) is 0.134. The minimum Gasteiger partial charge on any atom is -0.391 e. The lowest BCUT2D eigenvalue weighted by Gasteiger charge is -2.35. The number of aryl methyl sites for hydroxylation is 2. The number of nitrogens with zero attached hydrogens (tertiary/aromatic N) is 2. The van der Waals surface area contributed by atoms with E-state index in [1.807, 2.05) is 38.1 Å². The fourth-order valence-electron chi connectivity index (χ4n) is 5.71. The van der Waals surface area contributed by atoms with Crippen LogP contribution in [0.4, 0.5) is 0 Å². The molecule has 3 amide bonds. The van der Waals surface area contributed by atoms with Gasteiger partial charge in [0.25, 0.3) is 10.1 Å². The van der Waals surface area contributed by atoms with E-state index < -0.39 is 51.4 Å². The molecular weight excluding hydrogens is 685 g/mol. The molecule has 50 heavy (non-hydrogen) atoms. The highest BCUT2D eigenvalue weighted by Gasteiger charge is 2.44. The number of likely N-dealkylation sites (tertiary alicyclic amines) is 1. The van der Waals surface area contributed by atoms with Gasteiger partial charge in [-0.3, -0.25) is 18.9 Å². The molecule has 3 atom stereocenters. The van der Waals surface area contributed by atoms with Gasteiger partial charge in [0.15, 0.2) is 0 Å². The summed E-state index contributed by atoms with van der Waals surface area (Å²) in [7, 11) is -4.36. The maximum atomic E-state index is 13.8. The van der Waals surface area contributed by atoms with E-state index in [2.05, 4.69) is 15.6 Å². The first-order valence-electron chi connectivity index (χ1n) is 16.3. The van der Waals surface area contributed by atoms with E-state index in [1.165, 1.54) is 11.0 Å². The van der Waals surface area contributed by atoms with Crippen LogP contribution in [0.25, 0.3) is 10.4 Å². The zero-order valence-corrected chi connectivity index (χ0v) is 30.6. The van der Waals surface area contributed by atoms with Crippen LogP contribution in [-0.4, -0.2) is 96.8 Å². The average Bonchev–Trinajstić information content (AvgIpc) is 3.66. The average molecular weight is 731 g/mol. The van der Waals surface area contributed by atoms with Crippen molar-refractivity contribution in [1.82, 2.24) is 20.5 Å². The van der Waals surface area contributed by atoms with E-state index in [4.69, 9.17) is 9.47 Å². The summed E-state index contributed by atoms with van der Waals surface area (Å²) in [6.45, 7) is 9.37. The minimum absolute atomic E-state index is 0.0373. The number of benzene rings is 2. The Labute approximate surface area is 297 Å². The largest absolute Gasteiger partial charge is 0.391 e. The van der Waals surface area contributed by atoms with Gasteiger partial charge in [-0.25, -0.2) is 4.98 Å². The first-order valence-corrected chi connectivity index (χ1v) is 18.6. The van der Waals surface area contributed by atoms with Crippen molar-refractivity contribution in [3.8, 4) is 10.4 Å². The van der Waals surface area contributed by atoms with Crippen molar-refractivity contribution in [2.24, 2.45) is 5.41 Å². The van der Waals surface area contributed by atoms with Crippen LogP contribution in [0.2, 0.25) is 0 Å². The number of amides is 3. The Morgan fingerprint density at radius 1 is 1.06 bits per heavy atom. The lowest BCUT2D eigenvalue weighted by molar-refractivity contribution is -0.144. The number of hydrogen-bond donors (Lipinski definition) is 4. The van der Waals surface area contributed by atoms with Crippen LogP contribution in [0, 0.1) is 19.3 Å². The van der Waals surface area contributed by atoms with Gasteiger partial charge < -0.3 is 30.1 Å². The number of thiazole rings is 1. The fourth-order valence-corrected chi connectivity index (χ4v) is 7.25. The molecule has 1 saturated heterocycles. The summed E-state index contributed by atoms with van der Waals surface area (Å²) >= 11 is 1.56. The number of rotatable bonds is 15. The summed E-state index contributed by atoms with van der Waals surface area (Å²) < 4.78 is 43.7. The highest BCUT2D eigenvalue weighted by atomic mass is 32.2. The molecule has 2 aromatic carbocycles. The number of aromatic nitrogens is 1. The molecule has 1 aromatic heterocycles. The SMILES string of the molecule is Cc1ccc(S(=O)(=O)O)c(CCOCCOCC(=O)N[C@H](C(=O)N2C[C@H](O)C[C@H]2C(=O)NCc2ccc(-c3scnc3C)cc2)C(C)(C)C)c1. The first-order chi connectivity index (χ1) is 23.5. The second-order valence-electron chi connectivity index (χ2n) is 13.4. The molecule has 0 unspecified atom stereocenters. The Kier molecular flexibility index (Phi) is 13.3. The molecule has 15 heteroatoms. The number of carbonyl (C=O) groups excluding carboxylic acids is 3. The standard InChI is InChI=1S/C35H46N4O9S2/c1-22-6-11-29(50(44,45)46)26(16-22)12-13-47-14-15-48-20-30(41)38-32(35(3,4)5)34(43)39-19-27(40)17-28(39)33(42)36-18-24-7-9-25(10-8-24)31-23(2)37-21-49-31/h6-11,16,21,27-28,32,40H,12-15,17-20H2,1-5H3,(H,36,42)(H,38,41)(H,44,45,46)/t27-,28+,32-/m1/s1. The number of ether oxygens (including phenoxy) is 2. The Morgan fingerprint density at radius 2 is 1.76 bits per heavy atom. The van der Waals surface area contributed by atoms with Crippen molar-refractivity contribution in [3.63, 3.8) is 0 Å². The highest BCUT2D eigenvalue weighted by Crippen LogP contribution is 2.28. The van der Waals surface area contributed by atoms with E-state index in [9.17, 15) is 32.5 Å². The van der Waals surface area contributed by atoms with Crippen LogP contribution in [0.5, 0.6) is 0 Å². The molecule has 0 saturated carbocycles. The van der Waals surface area contributed by atoms with Crippen LogP contribution in [-0.2, 0) is 46.9 Å². The Morgan fingerprint density at radius 3 is 2.40 bits per heavy atom. The molecule has 4 rings (SSSR count). The van der Waals surface area contributed by atoms with Gasteiger partial charge in [0.2, 0.25) is 17.7 Å². The Hall–Kier alpha value is -3.73. The Bertz CT molecular complexity index is 1750. The zero-order chi connectivity index (χ0) is 36.6. The molecule has 1 fully saturated rings. The van der Waals surface area contributed by atoms with E-state index >= 15 is 0 Å². The lowest BCUT2D eigenvalue weighted by atomic mass is 9.85. The third kappa shape index (κ3) is 10.6. The molecular formula is C35H46N4O9S2. The molecule has 3 aromatic rings. The van der Waals surface area contributed by atoms with Crippen LogP contribution < -0.4 is 10.6 Å². The van der Waals surface area contributed by atoms with E-state index in [0.29, 0.717) is 5.56 Å². The summed E-state index contributed by atoms with van der Waals surface area (Å²) in [6.07, 6.45) is -0.560.